The average molecular weight is 369 g/mol. The van der Waals surface area contributed by atoms with Gasteiger partial charge in [-0.25, -0.2) is 0 Å². The van der Waals surface area contributed by atoms with Crippen LogP contribution in [0.5, 0.6) is 0 Å². The lowest BCUT2D eigenvalue weighted by atomic mass is 9.88. The van der Waals surface area contributed by atoms with E-state index in [1.807, 2.05) is 4.90 Å². The van der Waals surface area contributed by atoms with Crippen molar-refractivity contribution in [2.24, 2.45) is 0 Å². The molecule has 4 nitrogen and oxygen atoms in total. The fraction of sp³-hybridized carbons (Fsp3) is 0.429. The number of thiophene rings is 1. The van der Waals surface area contributed by atoms with E-state index in [1.54, 1.807) is 11.3 Å². The van der Waals surface area contributed by atoms with E-state index in [2.05, 4.69) is 41.0 Å². The molecular weight excluding hydrogens is 344 g/mol. The van der Waals surface area contributed by atoms with Gasteiger partial charge < -0.3 is 10.2 Å². The van der Waals surface area contributed by atoms with Gasteiger partial charge in [-0.3, -0.25) is 9.59 Å². The van der Waals surface area contributed by atoms with Gasteiger partial charge in [0.25, 0.3) is 0 Å². The summed E-state index contributed by atoms with van der Waals surface area (Å²) >= 11 is 1.77. The number of amides is 2. The third-order valence-electron chi connectivity index (χ3n) is 5.44. The molecule has 0 radical (unpaired) electrons. The molecule has 136 valence electrons. The van der Waals surface area contributed by atoms with Crippen molar-refractivity contribution < 1.29 is 9.59 Å². The maximum atomic E-state index is 12.4. The highest BCUT2D eigenvalue weighted by molar-refractivity contribution is 7.10. The van der Waals surface area contributed by atoms with Gasteiger partial charge in [0, 0.05) is 36.9 Å². The Morgan fingerprint density at radius 3 is 2.81 bits per heavy atom. The third-order valence-corrected chi connectivity index (χ3v) is 6.46. The van der Waals surface area contributed by atoms with E-state index < -0.39 is 0 Å². The van der Waals surface area contributed by atoms with Gasteiger partial charge in [0.05, 0.1) is 0 Å². The molecule has 0 bridgehead atoms. The lowest BCUT2D eigenvalue weighted by Gasteiger charge is -2.27. The molecule has 0 unspecified atom stereocenters. The molecule has 1 N–H and O–H groups in total. The number of rotatable bonds is 4. The summed E-state index contributed by atoms with van der Waals surface area (Å²) in [7, 11) is 0. The molecule has 2 amide bonds. The predicted octanol–water partition coefficient (Wildman–Crippen LogP) is 3.09. The number of aryl methyl sites for hydroxylation is 1. The summed E-state index contributed by atoms with van der Waals surface area (Å²) < 4.78 is 0. The molecule has 0 spiro atoms. The van der Waals surface area contributed by atoms with Crippen LogP contribution < -0.4 is 5.32 Å². The molecule has 2 aromatic rings. The van der Waals surface area contributed by atoms with Gasteiger partial charge in [-0.1, -0.05) is 24.3 Å². The minimum absolute atomic E-state index is 0.00374. The van der Waals surface area contributed by atoms with Crippen molar-refractivity contribution in [2.45, 2.75) is 51.1 Å². The summed E-state index contributed by atoms with van der Waals surface area (Å²) in [5.41, 5.74) is 3.99. The maximum absolute atomic E-state index is 12.4. The SMILES string of the molecule is O=C(CCC(=O)N1CCc2sccc2C1)N[C@H]1CCc2ccccc2C1. The predicted molar refractivity (Wildman–Crippen MR) is 103 cm³/mol. The monoisotopic (exact) mass is 368 g/mol. The van der Waals surface area contributed by atoms with Crippen LogP contribution in [0.4, 0.5) is 0 Å². The van der Waals surface area contributed by atoms with Crippen molar-refractivity contribution in [1.29, 1.82) is 0 Å². The molecule has 0 fully saturated rings. The van der Waals surface area contributed by atoms with E-state index in [4.69, 9.17) is 0 Å². The second-order valence-corrected chi connectivity index (χ2v) is 8.21. The first kappa shape index (κ1) is 17.3. The van der Waals surface area contributed by atoms with Crippen LogP contribution in [-0.2, 0) is 35.4 Å². The first-order valence-electron chi connectivity index (χ1n) is 9.38. The van der Waals surface area contributed by atoms with Crippen LogP contribution in [0.3, 0.4) is 0 Å². The van der Waals surface area contributed by atoms with Crippen molar-refractivity contribution in [3.05, 3.63) is 57.3 Å². The Balaban J connectivity index is 1.24. The van der Waals surface area contributed by atoms with Crippen LogP contribution in [-0.4, -0.2) is 29.3 Å². The Morgan fingerprint density at radius 1 is 1.08 bits per heavy atom. The summed E-state index contributed by atoms with van der Waals surface area (Å²) in [5.74, 6) is 0.0851. The lowest BCUT2D eigenvalue weighted by Crippen LogP contribution is -2.40. The van der Waals surface area contributed by atoms with Crippen LogP contribution in [0.25, 0.3) is 0 Å². The first-order valence-corrected chi connectivity index (χ1v) is 10.3. The Labute approximate surface area is 158 Å². The van der Waals surface area contributed by atoms with Crippen LogP contribution in [0.1, 0.15) is 40.8 Å². The fourth-order valence-electron chi connectivity index (χ4n) is 3.96. The van der Waals surface area contributed by atoms with E-state index >= 15 is 0 Å². The topological polar surface area (TPSA) is 49.4 Å². The number of benzene rings is 1. The molecule has 26 heavy (non-hydrogen) atoms. The molecule has 4 rings (SSSR count). The summed E-state index contributed by atoms with van der Waals surface area (Å²) in [6, 6.07) is 10.7. The summed E-state index contributed by atoms with van der Waals surface area (Å²) in [6.07, 6.45) is 4.40. The Kier molecular flexibility index (Phi) is 5.07. The number of carbonyl (C=O) groups is 2. The number of hydrogen-bond acceptors (Lipinski definition) is 3. The van der Waals surface area contributed by atoms with Gasteiger partial charge in [-0.15, -0.1) is 11.3 Å². The second kappa shape index (κ2) is 7.62. The molecule has 1 aromatic carbocycles. The highest BCUT2D eigenvalue weighted by atomic mass is 32.1. The van der Waals surface area contributed by atoms with Crippen molar-refractivity contribution >= 4 is 23.2 Å². The van der Waals surface area contributed by atoms with E-state index in [1.165, 1.54) is 21.6 Å². The summed E-state index contributed by atoms with van der Waals surface area (Å²) in [6.45, 7) is 1.46. The molecule has 0 saturated carbocycles. The molecule has 5 heteroatoms. The number of carbonyl (C=O) groups excluding carboxylic acids is 2. The largest absolute Gasteiger partial charge is 0.353 e. The third kappa shape index (κ3) is 3.83. The number of fused-ring (bicyclic) bond motifs is 2. The zero-order chi connectivity index (χ0) is 17.9. The Bertz CT molecular complexity index is 814. The number of hydrogen-bond donors (Lipinski definition) is 1. The fourth-order valence-corrected chi connectivity index (χ4v) is 4.85. The smallest absolute Gasteiger partial charge is 0.223 e. The molecule has 1 aromatic heterocycles. The Morgan fingerprint density at radius 2 is 1.92 bits per heavy atom. The van der Waals surface area contributed by atoms with E-state index in [0.29, 0.717) is 13.0 Å². The van der Waals surface area contributed by atoms with Gasteiger partial charge in [0.15, 0.2) is 0 Å². The molecular formula is C21H24N2O2S. The van der Waals surface area contributed by atoms with E-state index in [-0.39, 0.29) is 24.3 Å². The van der Waals surface area contributed by atoms with Crippen LogP contribution in [0, 0.1) is 0 Å². The minimum atomic E-state index is -0.00374. The van der Waals surface area contributed by atoms with Gasteiger partial charge in [-0.05, 0) is 53.8 Å². The van der Waals surface area contributed by atoms with Crippen LogP contribution >= 0.6 is 11.3 Å². The summed E-state index contributed by atoms with van der Waals surface area (Å²) in [4.78, 5) is 28.0. The molecule has 2 aliphatic rings. The van der Waals surface area contributed by atoms with E-state index in [9.17, 15) is 9.59 Å². The first-order chi connectivity index (χ1) is 12.7. The quantitative estimate of drug-likeness (QED) is 0.902. The highest BCUT2D eigenvalue weighted by Crippen LogP contribution is 2.24. The van der Waals surface area contributed by atoms with Crippen LogP contribution in [0.15, 0.2) is 35.7 Å². The zero-order valence-electron chi connectivity index (χ0n) is 14.9. The highest BCUT2D eigenvalue weighted by Gasteiger charge is 2.23. The van der Waals surface area contributed by atoms with Gasteiger partial charge in [0.1, 0.15) is 0 Å². The van der Waals surface area contributed by atoms with Gasteiger partial charge in [0.2, 0.25) is 11.8 Å². The van der Waals surface area contributed by atoms with Crippen molar-refractivity contribution in [1.82, 2.24) is 10.2 Å². The summed E-state index contributed by atoms with van der Waals surface area (Å²) in [5, 5.41) is 5.21. The Hall–Kier alpha value is -2.14. The second-order valence-electron chi connectivity index (χ2n) is 7.21. The molecule has 1 aliphatic carbocycles. The molecule has 1 atom stereocenters. The van der Waals surface area contributed by atoms with Crippen molar-refractivity contribution in [2.75, 3.05) is 6.54 Å². The maximum Gasteiger partial charge on any atom is 0.223 e. The zero-order valence-corrected chi connectivity index (χ0v) is 15.7. The number of nitrogens with one attached hydrogen (secondary N) is 1. The van der Waals surface area contributed by atoms with Crippen molar-refractivity contribution in [3.63, 3.8) is 0 Å². The molecule has 1 aliphatic heterocycles. The van der Waals surface area contributed by atoms with Gasteiger partial charge >= 0.3 is 0 Å². The van der Waals surface area contributed by atoms with Gasteiger partial charge in [-0.2, -0.15) is 0 Å². The normalized spacial score (nSPS) is 18.8. The van der Waals surface area contributed by atoms with Crippen molar-refractivity contribution in [3.8, 4) is 0 Å². The van der Waals surface area contributed by atoms with E-state index in [0.717, 1.165) is 32.2 Å². The average Bonchev–Trinajstić information content (AvgIpc) is 3.14. The standard InChI is InChI=1S/C21H24N2O2S/c24-20(22-18-6-5-15-3-1-2-4-16(15)13-18)7-8-21(25)23-11-9-19-17(14-23)10-12-26-19/h1-4,10,12,18H,5-9,11,13-14H2,(H,22,24)/t18-/m0/s1. The number of nitrogens with zero attached hydrogens (tertiary/aromatic N) is 1. The molecule has 2 heterocycles. The molecule has 0 saturated heterocycles. The van der Waals surface area contributed by atoms with Crippen LogP contribution in [0.2, 0.25) is 0 Å². The lowest BCUT2D eigenvalue weighted by molar-refractivity contribution is -0.134. The minimum Gasteiger partial charge on any atom is -0.353 e.